The molecular formula is C20H19ClO3. The molecular weight excluding hydrogens is 324 g/mol. The molecule has 0 saturated heterocycles. The molecule has 0 aliphatic carbocycles. The van der Waals surface area contributed by atoms with Crippen LogP contribution in [0.2, 0.25) is 5.02 Å². The first kappa shape index (κ1) is 17.9. The number of benzene rings is 2. The summed E-state index contributed by atoms with van der Waals surface area (Å²) in [6.07, 6.45) is -0.972. The fraction of sp³-hybridized carbons (Fsp3) is 0.250. The highest BCUT2D eigenvalue weighted by molar-refractivity contribution is 6.31. The molecule has 0 amide bonds. The Morgan fingerprint density at radius 3 is 2.17 bits per heavy atom. The van der Waals surface area contributed by atoms with E-state index in [0.717, 1.165) is 0 Å². The van der Waals surface area contributed by atoms with Crippen molar-refractivity contribution in [2.24, 2.45) is 5.41 Å². The molecule has 0 saturated carbocycles. The highest BCUT2D eigenvalue weighted by Crippen LogP contribution is 2.27. The van der Waals surface area contributed by atoms with Crippen LogP contribution >= 0.6 is 11.6 Å². The van der Waals surface area contributed by atoms with Gasteiger partial charge in [-0.2, -0.15) is 0 Å². The van der Waals surface area contributed by atoms with Crippen molar-refractivity contribution in [3.8, 4) is 17.6 Å². The molecule has 124 valence electrons. The van der Waals surface area contributed by atoms with Crippen molar-refractivity contribution in [2.45, 2.75) is 26.9 Å². The van der Waals surface area contributed by atoms with E-state index in [0.29, 0.717) is 21.9 Å². The van der Waals surface area contributed by atoms with Gasteiger partial charge in [0.15, 0.2) is 6.10 Å². The van der Waals surface area contributed by atoms with Crippen LogP contribution in [-0.2, 0) is 4.79 Å². The third kappa shape index (κ3) is 4.53. The van der Waals surface area contributed by atoms with Crippen molar-refractivity contribution >= 4 is 17.6 Å². The first-order valence-corrected chi connectivity index (χ1v) is 7.92. The van der Waals surface area contributed by atoms with E-state index in [4.69, 9.17) is 16.3 Å². The van der Waals surface area contributed by atoms with Gasteiger partial charge in [-0.05, 0) is 24.3 Å². The maximum atomic E-state index is 11.5. The van der Waals surface area contributed by atoms with Crippen LogP contribution in [0.5, 0.6) is 5.75 Å². The fourth-order valence-corrected chi connectivity index (χ4v) is 2.28. The van der Waals surface area contributed by atoms with E-state index < -0.39 is 17.5 Å². The predicted molar refractivity (Wildman–Crippen MR) is 95.4 cm³/mol. The van der Waals surface area contributed by atoms with E-state index >= 15 is 0 Å². The summed E-state index contributed by atoms with van der Waals surface area (Å²) in [5.41, 5.74) is 0.780. The van der Waals surface area contributed by atoms with Gasteiger partial charge in [0.05, 0.1) is 10.6 Å². The lowest BCUT2D eigenvalue weighted by molar-refractivity contribution is -0.150. The van der Waals surface area contributed by atoms with Crippen LogP contribution in [0.15, 0.2) is 48.5 Å². The third-order valence-electron chi connectivity index (χ3n) is 3.35. The zero-order valence-electron chi connectivity index (χ0n) is 13.8. The fourth-order valence-electron chi connectivity index (χ4n) is 2.09. The van der Waals surface area contributed by atoms with Crippen LogP contribution in [0.1, 0.15) is 31.9 Å². The SMILES string of the molecule is CC(C)(C)C(Oc1ccccc1C#Cc1ccccc1Cl)C(=O)O. The maximum absolute atomic E-state index is 11.5. The molecule has 0 spiro atoms. The molecule has 0 aliphatic heterocycles. The molecule has 0 bridgehead atoms. The number of para-hydroxylation sites is 1. The average molecular weight is 343 g/mol. The maximum Gasteiger partial charge on any atom is 0.345 e. The molecule has 0 radical (unpaired) electrons. The van der Waals surface area contributed by atoms with E-state index in [-0.39, 0.29) is 0 Å². The molecule has 0 fully saturated rings. The molecule has 1 N–H and O–H groups in total. The second-order valence-corrected chi connectivity index (χ2v) is 6.84. The Hall–Kier alpha value is -2.44. The van der Waals surface area contributed by atoms with Gasteiger partial charge in [0, 0.05) is 11.0 Å². The number of aliphatic carboxylic acids is 1. The van der Waals surface area contributed by atoms with E-state index in [2.05, 4.69) is 11.8 Å². The van der Waals surface area contributed by atoms with E-state index in [1.54, 1.807) is 24.3 Å². The number of hydrogen-bond donors (Lipinski definition) is 1. The Kier molecular flexibility index (Phi) is 5.54. The van der Waals surface area contributed by atoms with Gasteiger partial charge < -0.3 is 9.84 Å². The van der Waals surface area contributed by atoms with Crippen molar-refractivity contribution in [3.63, 3.8) is 0 Å². The van der Waals surface area contributed by atoms with Crippen LogP contribution in [-0.4, -0.2) is 17.2 Å². The van der Waals surface area contributed by atoms with Gasteiger partial charge in [-0.15, -0.1) is 0 Å². The number of hydrogen-bond acceptors (Lipinski definition) is 2. The molecule has 0 aromatic heterocycles. The predicted octanol–water partition coefficient (Wildman–Crippen LogP) is 4.62. The van der Waals surface area contributed by atoms with Gasteiger partial charge in [0.25, 0.3) is 0 Å². The zero-order chi connectivity index (χ0) is 17.7. The summed E-state index contributed by atoms with van der Waals surface area (Å²) in [4.78, 5) is 11.5. The second kappa shape index (κ2) is 7.42. The van der Waals surface area contributed by atoms with Crippen LogP contribution in [0.4, 0.5) is 0 Å². The number of carbonyl (C=O) groups is 1. The minimum absolute atomic E-state index is 0.444. The van der Waals surface area contributed by atoms with Gasteiger partial charge in [-0.3, -0.25) is 0 Å². The normalized spacial score (nSPS) is 12.0. The topological polar surface area (TPSA) is 46.5 Å². The van der Waals surface area contributed by atoms with Crippen molar-refractivity contribution < 1.29 is 14.6 Å². The first-order chi connectivity index (χ1) is 11.3. The van der Waals surface area contributed by atoms with Gasteiger partial charge in [0.1, 0.15) is 5.75 Å². The lowest BCUT2D eigenvalue weighted by Gasteiger charge is -2.27. The molecule has 2 aromatic carbocycles. The van der Waals surface area contributed by atoms with Gasteiger partial charge >= 0.3 is 5.97 Å². The lowest BCUT2D eigenvalue weighted by Crippen LogP contribution is -2.39. The largest absolute Gasteiger partial charge is 0.478 e. The number of rotatable bonds is 3. The summed E-state index contributed by atoms with van der Waals surface area (Å²) in [6.45, 7) is 5.47. The summed E-state index contributed by atoms with van der Waals surface area (Å²) in [7, 11) is 0. The Bertz CT molecular complexity index is 794. The molecule has 0 aliphatic rings. The molecule has 2 rings (SSSR count). The summed E-state index contributed by atoms with van der Waals surface area (Å²) in [6, 6.07) is 14.4. The van der Waals surface area contributed by atoms with Crippen molar-refractivity contribution in [1.82, 2.24) is 0 Å². The molecule has 4 heteroatoms. The Labute approximate surface area is 147 Å². The molecule has 1 atom stereocenters. The Balaban J connectivity index is 2.35. The summed E-state index contributed by atoms with van der Waals surface area (Å²) in [5, 5.41) is 10.00. The third-order valence-corrected chi connectivity index (χ3v) is 3.68. The number of carboxylic acids is 1. The van der Waals surface area contributed by atoms with Crippen LogP contribution in [0.3, 0.4) is 0 Å². The van der Waals surface area contributed by atoms with E-state index in [1.807, 2.05) is 45.0 Å². The minimum atomic E-state index is -1.00. The number of halogens is 1. The van der Waals surface area contributed by atoms with Crippen LogP contribution < -0.4 is 4.74 Å². The van der Waals surface area contributed by atoms with E-state index in [9.17, 15) is 9.90 Å². The lowest BCUT2D eigenvalue weighted by atomic mass is 9.89. The smallest absolute Gasteiger partial charge is 0.345 e. The van der Waals surface area contributed by atoms with E-state index in [1.165, 1.54) is 0 Å². The van der Waals surface area contributed by atoms with Crippen LogP contribution in [0.25, 0.3) is 0 Å². The Morgan fingerprint density at radius 2 is 1.58 bits per heavy atom. The number of carboxylic acid groups (broad SMARTS) is 1. The molecule has 0 heterocycles. The van der Waals surface area contributed by atoms with Crippen molar-refractivity contribution in [1.29, 1.82) is 0 Å². The average Bonchev–Trinajstić information content (AvgIpc) is 2.51. The summed E-state index contributed by atoms with van der Waals surface area (Å²) >= 11 is 6.10. The molecule has 1 unspecified atom stereocenters. The first-order valence-electron chi connectivity index (χ1n) is 7.54. The molecule has 2 aromatic rings. The quantitative estimate of drug-likeness (QED) is 0.828. The zero-order valence-corrected chi connectivity index (χ0v) is 14.6. The van der Waals surface area contributed by atoms with Crippen molar-refractivity contribution in [3.05, 3.63) is 64.7 Å². The van der Waals surface area contributed by atoms with Crippen LogP contribution in [0, 0.1) is 17.3 Å². The highest BCUT2D eigenvalue weighted by atomic mass is 35.5. The molecule has 24 heavy (non-hydrogen) atoms. The molecule has 3 nitrogen and oxygen atoms in total. The summed E-state index contributed by atoms with van der Waals surface area (Å²) in [5.74, 6) is 5.46. The van der Waals surface area contributed by atoms with Gasteiger partial charge in [-0.25, -0.2) is 4.79 Å². The second-order valence-electron chi connectivity index (χ2n) is 6.43. The van der Waals surface area contributed by atoms with Gasteiger partial charge in [0.2, 0.25) is 0 Å². The van der Waals surface area contributed by atoms with Crippen molar-refractivity contribution in [2.75, 3.05) is 0 Å². The minimum Gasteiger partial charge on any atom is -0.478 e. The number of ether oxygens (including phenoxy) is 1. The monoisotopic (exact) mass is 342 g/mol. The summed E-state index contributed by atoms with van der Waals surface area (Å²) < 4.78 is 5.76. The van der Waals surface area contributed by atoms with Gasteiger partial charge in [-0.1, -0.05) is 68.5 Å². The highest BCUT2D eigenvalue weighted by Gasteiger charge is 2.33. The standard InChI is InChI=1S/C20H19ClO3/c1-20(2,3)18(19(22)23)24-17-11-7-5-9-15(17)13-12-14-8-4-6-10-16(14)21/h4-11,18H,1-3H3,(H,22,23). The Morgan fingerprint density at radius 1 is 1.04 bits per heavy atom.